The zero-order valence-corrected chi connectivity index (χ0v) is 13.9. The van der Waals surface area contributed by atoms with E-state index < -0.39 is 0 Å². The van der Waals surface area contributed by atoms with Crippen LogP contribution in [0.5, 0.6) is 0 Å². The van der Waals surface area contributed by atoms with E-state index in [1.807, 2.05) is 20.8 Å². The molecule has 2 aliphatic rings. The lowest BCUT2D eigenvalue weighted by Gasteiger charge is -2.44. The van der Waals surface area contributed by atoms with Gasteiger partial charge >= 0.3 is 0 Å². The molecule has 3 rings (SSSR count). The average molecular weight is 305 g/mol. The lowest BCUT2D eigenvalue weighted by atomic mass is 9.84. The van der Waals surface area contributed by atoms with Crippen molar-refractivity contribution in [3.63, 3.8) is 0 Å². The summed E-state index contributed by atoms with van der Waals surface area (Å²) in [6, 6.07) is 0.944. The molecule has 0 aromatic carbocycles. The fourth-order valence-electron chi connectivity index (χ4n) is 3.41. The fourth-order valence-corrected chi connectivity index (χ4v) is 3.41. The quantitative estimate of drug-likeness (QED) is 0.929. The van der Waals surface area contributed by atoms with Crippen LogP contribution in [0, 0.1) is 6.92 Å². The molecule has 1 saturated carbocycles. The molecule has 2 heterocycles. The minimum Gasteiger partial charge on any atom is -0.435 e. The Morgan fingerprint density at radius 3 is 2.55 bits per heavy atom. The minimum absolute atomic E-state index is 0.112. The van der Waals surface area contributed by atoms with Gasteiger partial charge in [-0.05, 0) is 45.7 Å². The summed E-state index contributed by atoms with van der Waals surface area (Å²) in [6.07, 6.45) is 6.14. The number of aromatic nitrogens is 1. The molecule has 0 bridgehead atoms. The number of nitrogens with zero attached hydrogens (tertiary/aromatic N) is 2. The van der Waals surface area contributed by atoms with Crippen molar-refractivity contribution >= 4 is 5.91 Å². The van der Waals surface area contributed by atoms with Crippen molar-refractivity contribution in [2.24, 2.45) is 0 Å². The Balaban J connectivity index is 1.51. The predicted octanol–water partition coefficient (Wildman–Crippen LogP) is 2.85. The molecule has 1 aromatic rings. The van der Waals surface area contributed by atoms with Gasteiger partial charge in [0.05, 0.1) is 5.69 Å². The molecule has 5 nitrogen and oxygen atoms in total. The van der Waals surface area contributed by atoms with E-state index in [-0.39, 0.29) is 17.9 Å². The van der Waals surface area contributed by atoms with E-state index in [1.54, 1.807) is 0 Å². The molecule has 22 heavy (non-hydrogen) atoms. The summed E-state index contributed by atoms with van der Waals surface area (Å²) in [4.78, 5) is 19.3. The maximum Gasteiger partial charge on any atom is 0.289 e. The molecule has 1 amide bonds. The molecule has 2 fully saturated rings. The number of hydrogen-bond acceptors (Lipinski definition) is 4. The molecular weight excluding hydrogens is 278 g/mol. The molecule has 0 atom stereocenters. The number of carbonyl (C=O) groups is 1. The number of amides is 1. The predicted molar refractivity (Wildman–Crippen MR) is 85.0 cm³/mol. The number of oxazole rings is 1. The van der Waals surface area contributed by atoms with Gasteiger partial charge in [0.15, 0.2) is 5.89 Å². The number of nitrogens with one attached hydrogen (secondary N) is 1. The Labute approximate surface area is 132 Å². The zero-order chi connectivity index (χ0) is 15.7. The van der Waals surface area contributed by atoms with E-state index in [4.69, 9.17) is 4.42 Å². The van der Waals surface area contributed by atoms with E-state index in [2.05, 4.69) is 15.2 Å². The first-order valence-corrected chi connectivity index (χ1v) is 8.57. The average Bonchev–Trinajstić information content (AvgIpc) is 2.85. The highest BCUT2D eigenvalue weighted by Gasteiger charge is 2.35. The minimum atomic E-state index is -0.112. The van der Waals surface area contributed by atoms with Gasteiger partial charge in [0.25, 0.3) is 5.91 Å². The van der Waals surface area contributed by atoms with Crippen LogP contribution in [0.15, 0.2) is 4.42 Å². The Morgan fingerprint density at radius 2 is 1.95 bits per heavy atom. The van der Waals surface area contributed by atoms with Crippen LogP contribution in [-0.4, -0.2) is 41.0 Å². The lowest BCUT2D eigenvalue weighted by Crippen LogP contribution is -2.54. The summed E-state index contributed by atoms with van der Waals surface area (Å²) in [5, 5.41) is 3.10. The second-order valence-corrected chi connectivity index (χ2v) is 7.01. The maximum absolute atomic E-state index is 12.3. The van der Waals surface area contributed by atoms with Crippen molar-refractivity contribution in [1.82, 2.24) is 15.2 Å². The summed E-state index contributed by atoms with van der Waals surface area (Å²) in [5.74, 6) is 1.11. The normalized spacial score (nSPS) is 26.0. The highest BCUT2D eigenvalue weighted by Crippen LogP contribution is 2.28. The van der Waals surface area contributed by atoms with Crippen LogP contribution < -0.4 is 5.32 Å². The Kier molecular flexibility index (Phi) is 4.52. The standard InChI is InChI=1S/C17H27N3O2/c1-11(2)17-18-12(3)15(22-17)16(21)19-13-9-14(10-13)20-7-5-4-6-8-20/h11,13-14H,4-10H2,1-3H3,(H,19,21). The third-order valence-electron chi connectivity index (χ3n) is 4.87. The summed E-state index contributed by atoms with van der Waals surface area (Å²) in [7, 11) is 0. The molecule has 1 N–H and O–H groups in total. The third-order valence-corrected chi connectivity index (χ3v) is 4.87. The first-order chi connectivity index (χ1) is 10.5. The van der Waals surface area contributed by atoms with E-state index in [9.17, 15) is 4.79 Å². The van der Waals surface area contributed by atoms with Crippen molar-refractivity contribution < 1.29 is 9.21 Å². The Morgan fingerprint density at radius 1 is 1.27 bits per heavy atom. The van der Waals surface area contributed by atoms with Crippen molar-refractivity contribution in [3.8, 4) is 0 Å². The van der Waals surface area contributed by atoms with Crippen molar-refractivity contribution in [1.29, 1.82) is 0 Å². The molecule has 1 aromatic heterocycles. The topological polar surface area (TPSA) is 58.4 Å². The van der Waals surface area contributed by atoms with Gasteiger partial charge < -0.3 is 14.6 Å². The SMILES string of the molecule is Cc1nc(C(C)C)oc1C(=O)NC1CC(N2CCCCC2)C1. The fraction of sp³-hybridized carbons (Fsp3) is 0.765. The molecular formula is C17H27N3O2. The second-order valence-electron chi connectivity index (χ2n) is 7.01. The van der Waals surface area contributed by atoms with Crippen molar-refractivity contribution in [2.75, 3.05) is 13.1 Å². The summed E-state index contributed by atoms with van der Waals surface area (Å²) in [6.45, 7) is 8.32. The number of rotatable bonds is 4. The van der Waals surface area contributed by atoms with Crippen LogP contribution in [0.4, 0.5) is 0 Å². The lowest BCUT2D eigenvalue weighted by molar-refractivity contribution is 0.0661. The molecule has 122 valence electrons. The molecule has 1 saturated heterocycles. The molecule has 1 aliphatic carbocycles. The number of hydrogen-bond donors (Lipinski definition) is 1. The van der Waals surface area contributed by atoms with Crippen LogP contribution in [0.25, 0.3) is 0 Å². The van der Waals surface area contributed by atoms with Gasteiger partial charge in [-0.15, -0.1) is 0 Å². The van der Waals surface area contributed by atoms with Gasteiger partial charge in [-0.25, -0.2) is 4.98 Å². The highest BCUT2D eigenvalue weighted by molar-refractivity contribution is 5.92. The van der Waals surface area contributed by atoms with E-state index >= 15 is 0 Å². The smallest absolute Gasteiger partial charge is 0.289 e. The summed E-state index contributed by atoms with van der Waals surface area (Å²) < 4.78 is 5.62. The monoisotopic (exact) mass is 305 g/mol. The molecule has 1 aliphatic heterocycles. The molecule has 0 radical (unpaired) electrons. The van der Waals surface area contributed by atoms with Gasteiger partial charge in [-0.1, -0.05) is 20.3 Å². The van der Waals surface area contributed by atoms with Gasteiger partial charge in [-0.2, -0.15) is 0 Å². The number of piperidine rings is 1. The van der Waals surface area contributed by atoms with Gasteiger partial charge in [0, 0.05) is 18.0 Å². The summed E-state index contributed by atoms with van der Waals surface area (Å²) in [5.41, 5.74) is 0.688. The number of likely N-dealkylation sites (tertiary alicyclic amines) is 1. The van der Waals surface area contributed by atoms with E-state index in [0.29, 0.717) is 23.4 Å². The highest BCUT2D eigenvalue weighted by atomic mass is 16.4. The Bertz CT molecular complexity index is 526. The van der Waals surface area contributed by atoms with Crippen LogP contribution >= 0.6 is 0 Å². The zero-order valence-electron chi connectivity index (χ0n) is 13.9. The Hall–Kier alpha value is -1.36. The van der Waals surface area contributed by atoms with Crippen molar-refractivity contribution in [2.45, 2.75) is 70.9 Å². The van der Waals surface area contributed by atoms with Crippen LogP contribution in [0.1, 0.15) is 74.0 Å². The summed E-state index contributed by atoms with van der Waals surface area (Å²) >= 11 is 0. The largest absolute Gasteiger partial charge is 0.435 e. The van der Waals surface area contributed by atoms with Gasteiger partial charge in [-0.3, -0.25) is 4.79 Å². The third kappa shape index (κ3) is 3.19. The number of aryl methyl sites for hydroxylation is 1. The van der Waals surface area contributed by atoms with Crippen LogP contribution in [0.2, 0.25) is 0 Å². The molecule has 0 spiro atoms. The second kappa shape index (κ2) is 6.41. The molecule has 5 heteroatoms. The maximum atomic E-state index is 12.3. The van der Waals surface area contributed by atoms with Gasteiger partial charge in [0.1, 0.15) is 0 Å². The first-order valence-electron chi connectivity index (χ1n) is 8.57. The van der Waals surface area contributed by atoms with Crippen LogP contribution in [0.3, 0.4) is 0 Å². The molecule has 0 unspecified atom stereocenters. The van der Waals surface area contributed by atoms with Crippen molar-refractivity contribution in [3.05, 3.63) is 17.3 Å². The van der Waals surface area contributed by atoms with E-state index in [1.165, 1.54) is 32.4 Å². The first kappa shape index (κ1) is 15.5. The van der Waals surface area contributed by atoms with Crippen LogP contribution in [-0.2, 0) is 0 Å². The van der Waals surface area contributed by atoms with E-state index in [0.717, 1.165) is 12.8 Å². The van der Waals surface area contributed by atoms with Gasteiger partial charge in [0.2, 0.25) is 5.76 Å². The number of carbonyl (C=O) groups excluding carboxylic acids is 1.